The fourth-order valence-corrected chi connectivity index (χ4v) is 1.54. The fourth-order valence-electron chi connectivity index (χ4n) is 1.36. The van der Waals surface area contributed by atoms with Crippen molar-refractivity contribution in [3.05, 3.63) is 34.3 Å². The molecule has 0 bridgehead atoms. The van der Waals surface area contributed by atoms with E-state index in [1.54, 1.807) is 19.9 Å². The van der Waals surface area contributed by atoms with Crippen LogP contribution in [0, 0.1) is 0 Å². The van der Waals surface area contributed by atoms with Crippen molar-refractivity contribution >= 4 is 23.4 Å². The van der Waals surface area contributed by atoms with E-state index in [0.29, 0.717) is 23.9 Å². The number of amides is 1. The Hall–Kier alpha value is -1.75. The largest absolute Gasteiger partial charge is 0.450 e. The monoisotopic (exact) mass is 269 g/mol. The number of rotatable bonds is 4. The standard InChI is InChI=1S/C12H16ClN3O2/c1-3-18-12(17)15-7-10-6-9(8(2)16-14)4-5-11(10)13/h4-6H,3,7,14H2,1-2H3,(H,15,17)/b16-8+. The first-order chi connectivity index (χ1) is 8.58. The summed E-state index contributed by atoms with van der Waals surface area (Å²) in [5.74, 6) is 5.22. The van der Waals surface area contributed by atoms with E-state index in [9.17, 15) is 4.79 Å². The molecule has 0 aliphatic rings. The number of nitrogens with two attached hydrogens (primary N) is 1. The number of ether oxygens (including phenoxy) is 1. The lowest BCUT2D eigenvalue weighted by Gasteiger charge is -2.09. The van der Waals surface area contributed by atoms with E-state index in [1.165, 1.54) is 0 Å². The molecule has 0 saturated heterocycles. The molecule has 0 radical (unpaired) electrons. The van der Waals surface area contributed by atoms with Crippen LogP contribution in [0.4, 0.5) is 4.79 Å². The minimum atomic E-state index is -0.469. The van der Waals surface area contributed by atoms with Gasteiger partial charge in [0, 0.05) is 11.6 Å². The Morgan fingerprint density at radius 3 is 2.89 bits per heavy atom. The van der Waals surface area contributed by atoms with Crippen LogP contribution in [-0.2, 0) is 11.3 Å². The van der Waals surface area contributed by atoms with Gasteiger partial charge in [0.25, 0.3) is 0 Å². The molecule has 3 N–H and O–H groups in total. The number of nitrogens with zero attached hydrogens (tertiary/aromatic N) is 1. The SMILES string of the molecule is CCOC(=O)NCc1cc(/C(C)=N/N)ccc1Cl. The maximum atomic E-state index is 11.2. The normalized spacial score (nSPS) is 11.2. The van der Waals surface area contributed by atoms with Gasteiger partial charge in [0.05, 0.1) is 12.3 Å². The predicted molar refractivity (Wildman–Crippen MR) is 71.7 cm³/mol. The predicted octanol–water partition coefficient (Wildman–Crippen LogP) is 2.27. The lowest BCUT2D eigenvalue weighted by Crippen LogP contribution is -2.23. The van der Waals surface area contributed by atoms with Crippen molar-refractivity contribution in [2.75, 3.05) is 6.61 Å². The number of nitrogens with one attached hydrogen (secondary N) is 1. The van der Waals surface area contributed by atoms with Crippen LogP contribution in [0.15, 0.2) is 23.3 Å². The third-order valence-corrected chi connectivity index (χ3v) is 2.72. The van der Waals surface area contributed by atoms with E-state index < -0.39 is 6.09 Å². The summed E-state index contributed by atoms with van der Waals surface area (Å²) < 4.78 is 4.77. The number of halogens is 1. The number of hydrazone groups is 1. The van der Waals surface area contributed by atoms with Crippen LogP contribution in [-0.4, -0.2) is 18.4 Å². The van der Waals surface area contributed by atoms with E-state index in [2.05, 4.69) is 10.4 Å². The van der Waals surface area contributed by atoms with Gasteiger partial charge in [-0.1, -0.05) is 17.7 Å². The Labute approximate surface area is 111 Å². The zero-order valence-electron chi connectivity index (χ0n) is 10.4. The highest BCUT2D eigenvalue weighted by atomic mass is 35.5. The van der Waals surface area contributed by atoms with E-state index in [1.807, 2.05) is 12.1 Å². The second-order valence-electron chi connectivity index (χ2n) is 3.59. The lowest BCUT2D eigenvalue weighted by atomic mass is 10.1. The summed E-state index contributed by atoms with van der Waals surface area (Å²) >= 11 is 6.04. The van der Waals surface area contributed by atoms with E-state index in [0.717, 1.165) is 11.1 Å². The van der Waals surface area contributed by atoms with E-state index >= 15 is 0 Å². The van der Waals surface area contributed by atoms with Crippen molar-refractivity contribution in [2.45, 2.75) is 20.4 Å². The average Bonchev–Trinajstić information content (AvgIpc) is 2.37. The van der Waals surface area contributed by atoms with Crippen molar-refractivity contribution < 1.29 is 9.53 Å². The first-order valence-electron chi connectivity index (χ1n) is 5.52. The van der Waals surface area contributed by atoms with Crippen LogP contribution in [0.1, 0.15) is 25.0 Å². The molecule has 0 saturated carbocycles. The summed E-state index contributed by atoms with van der Waals surface area (Å²) in [7, 11) is 0. The summed E-state index contributed by atoms with van der Waals surface area (Å²) in [5.41, 5.74) is 2.34. The number of carbonyl (C=O) groups excluding carboxylic acids is 1. The van der Waals surface area contributed by atoms with Crippen molar-refractivity contribution in [2.24, 2.45) is 10.9 Å². The summed E-state index contributed by atoms with van der Waals surface area (Å²) in [6.45, 7) is 4.17. The summed E-state index contributed by atoms with van der Waals surface area (Å²) in [6, 6.07) is 5.40. The highest BCUT2D eigenvalue weighted by Crippen LogP contribution is 2.18. The van der Waals surface area contributed by atoms with Crippen LogP contribution < -0.4 is 11.2 Å². The molecule has 5 nitrogen and oxygen atoms in total. The Morgan fingerprint density at radius 1 is 1.56 bits per heavy atom. The molecule has 18 heavy (non-hydrogen) atoms. The molecular weight excluding hydrogens is 254 g/mol. The zero-order chi connectivity index (χ0) is 13.5. The first-order valence-corrected chi connectivity index (χ1v) is 5.90. The van der Waals surface area contributed by atoms with Crippen molar-refractivity contribution in [3.8, 4) is 0 Å². The van der Waals surface area contributed by atoms with Gasteiger partial charge in [-0.05, 0) is 37.1 Å². The second-order valence-corrected chi connectivity index (χ2v) is 4.00. The van der Waals surface area contributed by atoms with Crippen LogP contribution in [0.3, 0.4) is 0 Å². The van der Waals surface area contributed by atoms with Gasteiger partial charge in [0.1, 0.15) is 0 Å². The second kappa shape index (κ2) is 6.86. The molecule has 1 rings (SSSR count). The first kappa shape index (κ1) is 14.3. The van der Waals surface area contributed by atoms with Crippen LogP contribution >= 0.6 is 11.6 Å². The molecule has 0 fully saturated rings. The molecule has 0 atom stereocenters. The van der Waals surface area contributed by atoms with Crippen LogP contribution in [0.5, 0.6) is 0 Å². The van der Waals surface area contributed by atoms with Gasteiger partial charge < -0.3 is 15.9 Å². The minimum Gasteiger partial charge on any atom is -0.450 e. The fraction of sp³-hybridized carbons (Fsp3) is 0.333. The third-order valence-electron chi connectivity index (χ3n) is 2.36. The Kier molecular flexibility index (Phi) is 5.45. The van der Waals surface area contributed by atoms with Gasteiger partial charge in [-0.15, -0.1) is 0 Å². The molecule has 0 aliphatic heterocycles. The van der Waals surface area contributed by atoms with Gasteiger partial charge in [0.2, 0.25) is 0 Å². The van der Waals surface area contributed by atoms with Crippen LogP contribution in [0.25, 0.3) is 0 Å². The Bertz CT molecular complexity index is 461. The molecule has 1 aromatic carbocycles. The van der Waals surface area contributed by atoms with Gasteiger partial charge in [0.15, 0.2) is 0 Å². The maximum Gasteiger partial charge on any atom is 0.407 e. The summed E-state index contributed by atoms with van der Waals surface area (Å²) in [6.07, 6.45) is -0.469. The Balaban J connectivity index is 2.79. The smallest absolute Gasteiger partial charge is 0.407 e. The third kappa shape index (κ3) is 3.92. The molecule has 6 heteroatoms. The lowest BCUT2D eigenvalue weighted by molar-refractivity contribution is 0.151. The summed E-state index contributed by atoms with van der Waals surface area (Å²) in [5, 5.41) is 6.79. The minimum absolute atomic E-state index is 0.295. The Morgan fingerprint density at radius 2 is 2.28 bits per heavy atom. The number of alkyl carbamates (subject to hydrolysis) is 1. The molecule has 0 aliphatic carbocycles. The van der Waals surface area contributed by atoms with E-state index in [-0.39, 0.29) is 0 Å². The van der Waals surface area contributed by atoms with Crippen LogP contribution in [0.2, 0.25) is 5.02 Å². The quantitative estimate of drug-likeness (QED) is 0.500. The van der Waals surface area contributed by atoms with Gasteiger partial charge >= 0.3 is 6.09 Å². The van der Waals surface area contributed by atoms with Gasteiger partial charge in [-0.2, -0.15) is 5.10 Å². The average molecular weight is 270 g/mol. The highest BCUT2D eigenvalue weighted by molar-refractivity contribution is 6.31. The zero-order valence-corrected chi connectivity index (χ0v) is 11.1. The molecule has 0 aromatic heterocycles. The molecule has 1 amide bonds. The topological polar surface area (TPSA) is 76.7 Å². The van der Waals surface area contributed by atoms with Crippen molar-refractivity contribution in [1.82, 2.24) is 5.32 Å². The molecule has 98 valence electrons. The number of benzene rings is 1. The number of hydrogen-bond acceptors (Lipinski definition) is 4. The van der Waals surface area contributed by atoms with Gasteiger partial charge in [-0.25, -0.2) is 4.79 Å². The molecule has 0 spiro atoms. The number of carbonyl (C=O) groups is 1. The van der Waals surface area contributed by atoms with Crippen molar-refractivity contribution in [1.29, 1.82) is 0 Å². The summed E-state index contributed by atoms with van der Waals surface area (Å²) in [4.78, 5) is 11.2. The van der Waals surface area contributed by atoms with E-state index in [4.69, 9.17) is 22.2 Å². The molecule has 0 unspecified atom stereocenters. The van der Waals surface area contributed by atoms with Crippen molar-refractivity contribution in [3.63, 3.8) is 0 Å². The molecule has 0 heterocycles. The van der Waals surface area contributed by atoms with Gasteiger partial charge in [-0.3, -0.25) is 0 Å². The maximum absolute atomic E-state index is 11.2. The number of hydrogen-bond donors (Lipinski definition) is 2. The molecule has 1 aromatic rings. The highest BCUT2D eigenvalue weighted by Gasteiger charge is 2.06. The molecular formula is C12H16ClN3O2.